The Balaban J connectivity index is 0.000000255. The minimum absolute atomic E-state index is 0.0937. The highest BCUT2D eigenvalue weighted by atomic mass is 33.1. The highest BCUT2D eigenvalue weighted by molar-refractivity contribution is 8.76. The number of carbonyl (C=O) groups is 2. The maximum Gasteiger partial charge on any atom is 0.350 e. The number of aliphatic imine (C=N–C) groups is 2. The SMILES string of the molecule is CN=C(Cc1c[nH]c2ccc(C)cc12)C(=O)NCSC.CN=C(Cc1c[nH]c2ccc(C)cc12)C(=O)O.NCSSCN. The molecule has 13 heteroatoms. The number of carboxylic acid groups (broad SMARTS) is 1. The van der Waals surface area contributed by atoms with Crippen molar-refractivity contribution in [2.75, 3.05) is 38.0 Å². The van der Waals surface area contributed by atoms with Crippen molar-refractivity contribution in [1.82, 2.24) is 15.3 Å². The summed E-state index contributed by atoms with van der Waals surface area (Å²) in [6.07, 6.45) is 6.64. The molecule has 2 aromatic carbocycles. The molecular weight excluding hydrogens is 603 g/mol. The third kappa shape index (κ3) is 11.4. The van der Waals surface area contributed by atoms with Crippen molar-refractivity contribution in [3.63, 3.8) is 0 Å². The number of nitrogens with one attached hydrogen (secondary N) is 3. The first-order valence-corrected chi connectivity index (χ1v) is 17.3. The lowest BCUT2D eigenvalue weighted by Crippen LogP contribution is -2.31. The van der Waals surface area contributed by atoms with Crippen LogP contribution in [0.3, 0.4) is 0 Å². The fourth-order valence-electron chi connectivity index (χ4n) is 4.08. The predicted molar refractivity (Wildman–Crippen MR) is 188 cm³/mol. The highest BCUT2D eigenvalue weighted by Crippen LogP contribution is 2.21. The second-order valence-electron chi connectivity index (χ2n) is 9.23. The van der Waals surface area contributed by atoms with Crippen LogP contribution in [0, 0.1) is 13.8 Å². The molecule has 0 atom stereocenters. The number of carboxylic acids is 1. The molecule has 4 rings (SSSR count). The van der Waals surface area contributed by atoms with E-state index < -0.39 is 5.97 Å². The number of aromatic amines is 2. The van der Waals surface area contributed by atoms with Crippen molar-refractivity contribution in [3.8, 4) is 0 Å². The molecule has 2 heterocycles. The van der Waals surface area contributed by atoms with Gasteiger partial charge < -0.3 is 31.9 Å². The van der Waals surface area contributed by atoms with E-state index in [1.807, 2.05) is 37.7 Å². The number of benzene rings is 2. The number of aromatic nitrogens is 2. The molecule has 43 heavy (non-hydrogen) atoms. The zero-order valence-corrected chi connectivity index (χ0v) is 27.6. The maximum absolute atomic E-state index is 12.0. The van der Waals surface area contributed by atoms with Crippen molar-refractivity contribution in [3.05, 3.63) is 71.0 Å². The normalized spacial score (nSPS) is 11.5. The molecule has 1 amide bonds. The van der Waals surface area contributed by atoms with Crippen LogP contribution in [-0.4, -0.2) is 76.4 Å². The Labute approximate surface area is 264 Å². The van der Waals surface area contributed by atoms with Gasteiger partial charge in [0.15, 0.2) is 0 Å². The van der Waals surface area contributed by atoms with E-state index in [1.165, 1.54) is 12.6 Å². The molecule has 0 aliphatic carbocycles. The quantitative estimate of drug-likeness (QED) is 0.0579. The molecule has 0 radical (unpaired) electrons. The molecule has 2 aromatic heterocycles. The summed E-state index contributed by atoms with van der Waals surface area (Å²) >= 11 is 1.58. The Morgan fingerprint density at radius 1 is 0.837 bits per heavy atom. The lowest BCUT2D eigenvalue weighted by molar-refractivity contribution is -0.129. The van der Waals surface area contributed by atoms with Crippen LogP contribution in [0.15, 0.2) is 58.8 Å². The molecule has 8 N–H and O–H groups in total. The lowest BCUT2D eigenvalue weighted by Gasteiger charge is -2.06. The largest absolute Gasteiger partial charge is 0.477 e. The number of aryl methyl sites for hydroxylation is 2. The topological polar surface area (TPSA) is 175 Å². The Kier molecular flexibility index (Phi) is 16.0. The van der Waals surface area contributed by atoms with E-state index in [0.29, 0.717) is 36.2 Å². The molecular formula is C30H41N7O3S3. The summed E-state index contributed by atoms with van der Waals surface area (Å²) in [5, 5.41) is 14.0. The molecule has 10 nitrogen and oxygen atoms in total. The van der Waals surface area contributed by atoms with Gasteiger partial charge >= 0.3 is 5.97 Å². The van der Waals surface area contributed by atoms with Gasteiger partial charge in [-0.15, -0.1) is 11.8 Å². The van der Waals surface area contributed by atoms with Gasteiger partial charge in [0, 0.05) is 72.9 Å². The summed E-state index contributed by atoms with van der Waals surface area (Å²) in [6, 6.07) is 12.3. The monoisotopic (exact) mass is 643 g/mol. The Bertz CT molecular complexity index is 1540. The number of amides is 1. The maximum atomic E-state index is 12.0. The third-order valence-electron chi connectivity index (χ3n) is 6.21. The first-order valence-electron chi connectivity index (χ1n) is 13.4. The molecule has 0 aliphatic heterocycles. The average molecular weight is 644 g/mol. The van der Waals surface area contributed by atoms with Crippen molar-refractivity contribution < 1.29 is 14.7 Å². The van der Waals surface area contributed by atoms with E-state index in [9.17, 15) is 9.59 Å². The minimum Gasteiger partial charge on any atom is -0.477 e. The third-order valence-corrected chi connectivity index (χ3v) is 8.40. The standard InChI is InChI=1S/C15H19N3OS.C13H14N2O2.C2H8N2S2/c1-10-4-5-13-12(6-10)11(8-17-13)7-14(16-2)15(19)18-9-20-3;1-8-3-4-11-10(5-8)9(7-15-11)6-12(14-2)13(16)17;3-1-5-6-2-4/h4-6,8,17H,7,9H2,1-3H3,(H,18,19);3-5,7,15H,6H2,1-2H3,(H,16,17);1-4H2. The Morgan fingerprint density at radius 3 is 1.70 bits per heavy atom. The molecule has 4 aromatic rings. The number of nitrogens with zero attached hydrogens (tertiary/aromatic N) is 2. The van der Waals surface area contributed by atoms with Gasteiger partial charge in [0.25, 0.3) is 5.91 Å². The summed E-state index contributed by atoms with van der Waals surface area (Å²) in [4.78, 5) is 37.2. The summed E-state index contributed by atoms with van der Waals surface area (Å²) in [5.74, 6) is 0.854. The van der Waals surface area contributed by atoms with E-state index in [2.05, 4.69) is 56.5 Å². The first kappa shape index (κ1) is 36.0. The van der Waals surface area contributed by atoms with Crippen molar-refractivity contribution in [1.29, 1.82) is 0 Å². The molecule has 0 unspecified atom stereocenters. The lowest BCUT2D eigenvalue weighted by atomic mass is 10.1. The van der Waals surface area contributed by atoms with E-state index in [-0.39, 0.29) is 11.6 Å². The van der Waals surface area contributed by atoms with Crippen LogP contribution < -0.4 is 16.8 Å². The summed E-state index contributed by atoms with van der Waals surface area (Å²) < 4.78 is 0. The van der Waals surface area contributed by atoms with Crippen molar-refractivity contribution >= 4 is 78.5 Å². The van der Waals surface area contributed by atoms with Crippen LogP contribution >= 0.6 is 33.3 Å². The van der Waals surface area contributed by atoms with Gasteiger partial charge in [-0.2, -0.15) is 0 Å². The van der Waals surface area contributed by atoms with Gasteiger partial charge in [-0.1, -0.05) is 44.8 Å². The zero-order valence-electron chi connectivity index (χ0n) is 25.2. The Morgan fingerprint density at radius 2 is 1.30 bits per heavy atom. The second kappa shape index (κ2) is 19.1. The van der Waals surface area contributed by atoms with E-state index in [4.69, 9.17) is 16.6 Å². The highest BCUT2D eigenvalue weighted by Gasteiger charge is 2.14. The number of H-pyrrole nitrogens is 2. The van der Waals surface area contributed by atoms with Crippen LogP contribution in [-0.2, 0) is 22.4 Å². The Hall–Kier alpha value is -3.23. The molecule has 0 saturated heterocycles. The molecule has 0 aliphatic rings. The van der Waals surface area contributed by atoms with Crippen LogP contribution in [0.25, 0.3) is 21.8 Å². The van der Waals surface area contributed by atoms with E-state index >= 15 is 0 Å². The second-order valence-corrected chi connectivity index (χ2v) is 12.7. The number of hydrogen-bond donors (Lipinski definition) is 6. The minimum atomic E-state index is -0.963. The van der Waals surface area contributed by atoms with E-state index in [0.717, 1.165) is 38.5 Å². The van der Waals surface area contributed by atoms with Gasteiger partial charge in [0.05, 0.1) is 5.88 Å². The van der Waals surface area contributed by atoms with Crippen molar-refractivity contribution in [2.24, 2.45) is 21.5 Å². The first-order chi connectivity index (χ1) is 20.7. The molecule has 0 bridgehead atoms. The molecule has 232 valence electrons. The summed E-state index contributed by atoms with van der Waals surface area (Å²) in [5.41, 5.74) is 17.5. The number of aliphatic carboxylic acids is 1. The van der Waals surface area contributed by atoms with Gasteiger partial charge in [-0.3, -0.25) is 14.8 Å². The van der Waals surface area contributed by atoms with Crippen LogP contribution in [0.5, 0.6) is 0 Å². The number of rotatable bonds is 11. The smallest absolute Gasteiger partial charge is 0.350 e. The van der Waals surface area contributed by atoms with E-state index in [1.54, 1.807) is 40.4 Å². The fraction of sp³-hybridized carbons (Fsp3) is 0.333. The van der Waals surface area contributed by atoms with Gasteiger partial charge in [0.2, 0.25) is 0 Å². The number of nitrogens with two attached hydrogens (primary N) is 2. The number of hydrogen-bond acceptors (Lipinski definition) is 9. The molecule has 0 saturated carbocycles. The van der Waals surface area contributed by atoms with Crippen LogP contribution in [0.4, 0.5) is 0 Å². The van der Waals surface area contributed by atoms with Crippen LogP contribution in [0.2, 0.25) is 0 Å². The van der Waals surface area contributed by atoms with Gasteiger partial charge in [-0.05, 0) is 55.5 Å². The average Bonchev–Trinajstić information content (AvgIpc) is 3.59. The van der Waals surface area contributed by atoms with Gasteiger partial charge in [0.1, 0.15) is 11.4 Å². The van der Waals surface area contributed by atoms with Crippen molar-refractivity contribution in [2.45, 2.75) is 26.7 Å². The number of carbonyl (C=O) groups excluding carboxylic acids is 1. The predicted octanol–water partition coefficient (Wildman–Crippen LogP) is 4.90. The van der Waals surface area contributed by atoms with Gasteiger partial charge in [-0.25, -0.2) is 4.79 Å². The fourth-order valence-corrected chi connectivity index (χ4v) is 5.13. The summed E-state index contributed by atoms with van der Waals surface area (Å²) in [6.45, 7) is 4.08. The number of thioether (sulfide) groups is 1. The molecule has 0 fully saturated rings. The number of fused-ring (bicyclic) bond motifs is 2. The zero-order chi connectivity index (χ0) is 31.8. The van der Waals surface area contributed by atoms with Crippen LogP contribution in [0.1, 0.15) is 22.3 Å². The summed E-state index contributed by atoms with van der Waals surface area (Å²) in [7, 11) is 6.32. The molecule has 0 spiro atoms.